The molecule has 31 heavy (non-hydrogen) atoms. The molecule has 1 fully saturated rings. The average Bonchev–Trinajstić information content (AvgIpc) is 3.48. The zero-order valence-corrected chi connectivity index (χ0v) is 17.3. The zero-order valence-electron chi connectivity index (χ0n) is 17.3. The largest absolute Gasteiger partial charge is 0.417 e. The Morgan fingerprint density at radius 3 is 2.90 bits per heavy atom. The van der Waals surface area contributed by atoms with Gasteiger partial charge in [0.25, 0.3) is 0 Å². The Hall–Kier alpha value is -2.72. The quantitative estimate of drug-likeness (QED) is 0.568. The second-order valence-electron chi connectivity index (χ2n) is 7.50. The van der Waals surface area contributed by atoms with Gasteiger partial charge in [-0.05, 0) is 39.3 Å². The Morgan fingerprint density at radius 1 is 1.32 bits per heavy atom. The molecule has 3 aromatic rings. The molecule has 0 saturated carbocycles. The summed E-state index contributed by atoms with van der Waals surface area (Å²) >= 11 is 0. The van der Waals surface area contributed by atoms with Crippen molar-refractivity contribution < 1.29 is 22.4 Å². The maximum Gasteiger partial charge on any atom is 0.417 e. The van der Waals surface area contributed by atoms with E-state index in [0.29, 0.717) is 36.4 Å². The summed E-state index contributed by atoms with van der Waals surface area (Å²) < 4.78 is 51.0. The fourth-order valence-electron chi connectivity index (χ4n) is 3.93. The highest BCUT2D eigenvalue weighted by molar-refractivity contribution is 5.64. The lowest BCUT2D eigenvalue weighted by Crippen LogP contribution is -2.23. The molecule has 0 radical (unpaired) electrons. The van der Waals surface area contributed by atoms with E-state index in [1.807, 2.05) is 13.8 Å². The summed E-state index contributed by atoms with van der Waals surface area (Å²) in [5, 5.41) is 3.98. The van der Waals surface area contributed by atoms with Gasteiger partial charge in [-0.15, -0.1) is 0 Å². The van der Waals surface area contributed by atoms with Crippen molar-refractivity contribution in [3.8, 4) is 11.3 Å². The third-order valence-electron chi connectivity index (χ3n) is 5.40. The number of halogens is 3. The molecule has 1 aliphatic heterocycles. The van der Waals surface area contributed by atoms with E-state index in [2.05, 4.69) is 25.0 Å². The standard InChI is InChI=1S/C21H24F3N5O2/c1-3-30-13(2)19-27-18(31-28-19)12-29-10-6-9-17(29)20-25-11-16(26-20)14-7-4-5-8-15(14)21(22,23)24/h4-5,7-8,11,13,17H,3,6,9-10,12H2,1-2H3,(H,25,26)/t13-,17+/m0/s1. The minimum Gasteiger partial charge on any atom is -0.371 e. The smallest absolute Gasteiger partial charge is 0.371 e. The number of aromatic nitrogens is 4. The van der Waals surface area contributed by atoms with Crippen LogP contribution in [0.25, 0.3) is 11.3 Å². The molecular weight excluding hydrogens is 411 g/mol. The minimum atomic E-state index is -4.43. The van der Waals surface area contributed by atoms with Crippen molar-refractivity contribution in [3.63, 3.8) is 0 Å². The second kappa shape index (κ2) is 8.80. The Kier molecular flexibility index (Phi) is 6.10. The van der Waals surface area contributed by atoms with Crippen LogP contribution in [0.4, 0.5) is 13.2 Å². The van der Waals surface area contributed by atoms with E-state index in [0.717, 1.165) is 25.5 Å². The summed E-state index contributed by atoms with van der Waals surface area (Å²) in [7, 11) is 0. The van der Waals surface area contributed by atoms with Gasteiger partial charge in [0, 0.05) is 12.2 Å². The summed E-state index contributed by atoms with van der Waals surface area (Å²) in [6.45, 7) is 5.55. The van der Waals surface area contributed by atoms with E-state index < -0.39 is 11.7 Å². The molecule has 166 valence electrons. The van der Waals surface area contributed by atoms with E-state index in [1.165, 1.54) is 18.3 Å². The fraction of sp³-hybridized carbons (Fsp3) is 0.476. The number of nitrogens with one attached hydrogen (secondary N) is 1. The number of hydrogen-bond acceptors (Lipinski definition) is 6. The van der Waals surface area contributed by atoms with Gasteiger partial charge >= 0.3 is 6.18 Å². The van der Waals surface area contributed by atoms with Crippen molar-refractivity contribution in [2.75, 3.05) is 13.2 Å². The van der Waals surface area contributed by atoms with Crippen LogP contribution in [-0.2, 0) is 17.5 Å². The molecule has 1 N–H and O–H groups in total. The van der Waals surface area contributed by atoms with Crippen molar-refractivity contribution in [2.45, 2.75) is 51.6 Å². The Bertz CT molecular complexity index is 1020. The molecule has 1 saturated heterocycles. The van der Waals surface area contributed by atoms with Crippen molar-refractivity contribution in [3.05, 3.63) is 53.6 Å². The van der Waals surface area contributed by atoms with E-state index in [4.69, 9.17) is 9.26 Å². The van der Waals surface area contributed by atoms with Crippen molar-refractivity contribution in [1.82, 2.24) is 25.0 Å². The van der Waals surface area contributed by atoms with Crippen LogP contribution in [0.1, 0.15) is 61.9 Å². The highest BCUT2D eigenvalue weighted by Gasteiger charge is 2.34. The average molecular weight is 435 g/mol. The van der Waals surface area contributed by atoms with Gasteiger partial charge in [0.1, 0.15) is 11.9 Å². The maximum atomic E-state index is 13.4. The first kappa shape index (κ1) is 21.5. The normalized spacial score (nSPS) is 18.5. The number of H-pyrrole nitrogens is 1. The molecule has 1 aromatic carbocycles. The lowest BCUT2D eigenvalue weighted by atomic mass is 10.0. The maximum absolute atomic E-state index is 13.4. The topological polar surface area (TPSA) is 80.1 Å². The third kappa shape index (κ3) is 4.64. The number of nitrogens with zero attached hydrogens (tertiary/aromatic N) is 4. The molecule has 0 spiro atoms. The molecule has 7 nitrogen and oxygen atoms in total. The van der Waals surface area contributed by atoms with Crippen molar-refractivity contribution >= 4 is 0 Å². The van der Waals surface area contributed by atoms with Crippen molar-refractivity contribution in [2.24, 2.45) is 0 Å². The fourth-order valence-corrected chi connectivity index (χ4v) is 3.93. The van der Waals surface area contributed by atoms with Gasteiger partial charge in [0.2, 0.25) is 5.89 Å². The molecule has 0 unspecified atom stereocenters. The number of ether oxygens (including phenoxy) is 1. The third-order valence-corrected chi connectivity index (χ3v) is 5.40. The molecule has 0 aliphatic carbocycles. The number of imidazole rings is 1. The molecule has 10 heteroatoms. The van der Waals surface area contributed by atoms with E-state index in [1.54, 1.807) is 6.07 Å². The van der Waals surface area contributed by atoms with Gasteiger partial charge in [-0.1, -0.05) is 23.4 Å². The number of aromatic amines is 1. The van der Waals surface area contributed by atoms with Crippen molar-refractivity contribution in [1.29, 1.82) is 0 Å². The molecular formula is C21H24F3N5O2. The van der Waals surface area contributed by atoms with Crippen LogP contribution in [-0.4, -0.2) is 38.2 Å². The van der Waals surface area contributed by atoms with Gasteiger partial charge < -0.3 is 14.2 Å². The highest BCUT2D eigenvalue weighted by Crippen LogP contribution is 2.38. The van der Waals surface area contributed by atoms with Gasteiger partial charge in [0.15, 0.2) is 5.82 Å². The first-order valence-corrected chi connectivity index (χ1v) is 10.3. The summed E-state index contributed by atoms with van der Waals surface area (Å²) in [5.74, 6) is 1.60. The molecule has 4 rings (SSSR count). The van der Waals surface area contributed by atoms with Gasteiger partial charge in [0.05, 0.1) is 30.0 Å². The first-order chi connectivity index (χ1) is 14.9. The SMILES string of the molecule is CCO[C@@H](C)c1noc(CN2CCC[C@@H]2c2ncc(-c3ccccc3C(F)(F)F)[nH]2)n1. The molecule has 0 amide bonds. The summed E-state index contributed by atoms with van der Waals surface area (Å²) in [6.07, 6.45) is -1.45. The van der Waals surface area contributed by atoms with Gasteiger partial charge in [-0.25, -0.2) is 4.98 Å². The predicted molar refractivity (Wildman–Crippen MR) is 106 cm³/mol. The van der Waals surface area contributed by atoms with Crippen LogP contribution in [0, 0.1) is 0 Å². The van der Waals surface area contributed by atoms with Crippen LogP contribution in [0.2, 0.25) is 0 Å². The highest BCUT2D eigenvalue weighted by atomic mass is 19.4. The lowest BCUT2D eigenvalue weighted by Gasteiger charge is -2.20. The molecule has 2 atom stereocenters. The van der Waals surface area contributed by atoms with Crippen LogP contribution in [0.5, 0.6) is 0 Å². The number of benzene rings is 1. The monoisotopic (exact) mass is 435 g/mol. The molecule has 2 aromatic heterocycles. The van der Waals surface area contributed by atoms with Gasteiger partial charge in [-0.3, -0.25) is 4.90 Å². The first-order valence-electron chi connectivity index (χ1n) is 10.3. The molecule has 0 bridgehead atoms. The van der Waals surface area contributed by atoms with E-state index in [-0.39, 0.29) is 17.7 Å². The van der Waals surface area contributed by atoms with Crippen LogP contribution in [0.3, 0.4) is 0 Å². The predicted octanol–water partition coefficient (Wildman–Crippen LogP) is 4.91. The lowest BCUT2D eigenvalue weighted by molar-refractivity contribution is -0.137. The summed E-state index contributed by atoms with van der Waals surface area (Å²) in [6, 6.07) is 5.43. The second-order valence-corrected chi connectivity index (χ2v) is 7.50. The number of alkyl halides is 3. The number of likely N-dealkylation sites (tertiary alicyclic amines) is 1. The van der Waals surface area contributed by atoms with Gasteiger partial charge in [-0.2, -0.15) is 18.2 Å². The molecule has 3 heterocycles. The summed E-state index contributed by atoms with van der Waals surface area (Å²) in [4.78, 5) is 14.0. The Morgan fingerprint density at radius 2 is 2.13 bits per heavy atom. The van der Waals surface area contributed by atoms with Crippen LogP contribution < -0.4 is 0 Å². The summed E-state index contributed by atoms with van der Waals surface area (Å²) in [5.41, 5.74) is -0.250. The van der Waals surface area contributed by atoms with Crippen LogP contribution >= 0.6 is 0 Å². The minimum absolute atomic E-state index is 0.0635. The number of rotatable bonds is 7. The van der Waals surface area contributed by atoms with Crippen LogP contribution in [0.15, 0.2) is 35.0 Å². The molecule has 1 aliphatic rings. The van der Waals surface area contributed by atoms with E-state index >= 15 is 0 Å². The zero-order chi connectivity index (χ0) is 22.0. The number of hydrogen-bond donors (Lipinski definition) is 1. The Labute approximate surface area is 177 Å². The Balaban J connectivity index is 1.52. The van der Waals surface area contributed by atoms with E-state index in [9.17, 15) is 13.2 Å².